The molecule has 7 nitrogen and oxygen atoms in total. The lowest BCUT2D eigenvalue weighted by atomic mass is 10.2. The topological polar surface area (TPSA) is 83.6 Å². The van der Waals surface area contributed by atoms with Crippen LogP contribution in [-0.4, -0.2) is 56.0 Å². The van der Waals surface area contributed by atoms with E-state index in [0.29, 0.717) is 23.0 Å². The van der Waals surface area contributed by atoms with Gasteiger partial charge >= 0.3 is 0 Å². The summed E-state index contributed by atoms with van der Waals surface area (Å²) in [5, 5.41) is 7.44. The van der Waals surface area contributed by atoms with Crippen molar-refractivity contribution in [2.45, 2.75) is 0 Å². The van der Waals surface area contributed by atoms with Crippen LogP contribution >= 0.6 is 11.3 Å². The number of ether oxygens (including phenoxy) is 1. The van der Waals surface area contributed by atoms with Crippen molar-refractivity contribution >= 4 is 28.3 Å². The van der Waals surface area contributed by atoms with Gasteiger partial charge in [-0.2, -0.15) is 0 Å². The number of thiazole rings is 1. The number of benzene rings is 1. The molecule has 0 atom stereocenters. The lowest BCUT2D eigenvalue weighted by Crippen LogP contribution is -2.31. The van der Waals surface area contributed by atoms with E-state index in [9.17, 15) is 9.59 Å². The number of methoxy groups -OCH3 is 1. The summed E-state index contributed by atoms with van der Waals surface area (Å²) in [7, 11) is 5.37. The standard InChI is InChI=1S/C16H20N4O3S/c1-20(2)9-8-17-15(22)12-10-24-16(18-12)19-14(21)11-6-4-5-7-13(11)23-3/h4-7,10H,8-9H2,1-3H3,(H,17,22)(H,18,19,21). The molecule has 2 N–H and O–H groups in total. The van der Waals surface area contributed by atoms with Gasteiger partial charge in [-0.1, -0.05) is 12.1 Å². The molecule has 8 heteroatoms. The van der Waals surface area contributed by atoms with Gasteiger partial charge in [-0.25, -0.2) is 4.98 Å². The molecule has 0 fully saturated rings. The molecular formula is C16H20N4O3S. The quantitative estimate of drug-likeness (QED) is 0.796. The fraction of sp³-hybridized carbons (Fsp3) is 0.312. The average molecular weight is 348 g/mol. The van der Waals surface area contributed by atoms with Gasteiger partial charge in [0.1, 0.15) is 11.4 Å². The number of hydrogen-bond donors (Lipinski definition) is 2. The molecule has 128 valence electrons. The van der Waals surface area contributed by atoms with E-state index < -0.39 is 0 Å². The van der Waals surface area contributed by atoms with Crippen LogP contribution in [0.1, 0.15) is 20.8 Å². The maximum absolute atomic E-state index is 12.3. The second kappa shape index (κ2) is 8.42. The monoisotopic (exact) mass is 348 g/mol. The molecule has 0 unspecified atom stereocenters. The fourth-order valence-electron chi connectivity index (χ4n) is 1.92. The van der Waals surface area contributed by atoms with Gasteiger partial charge in [-0.05, 0) is 26.2 Å². The normalized spacial score (nSPS) is 10.5. The zero-order valence-electron chi connectivity index (χ0n) is 13.8. The third-order valence-corrected chi connectivity index (χ3v) is 3.91. The zero-order valence-corrected chi connectivity index (χ0v) is 14.6. The summed E-state index contributed by atoms with van der Waals surface area (Å²) in [6.07, 6.45) is 0. The van der Waals surface area contributed by atoms with Crippen LogP contribution in [0.5, 0.6) is 5.75 Å². The number of amides is 2. The van der Waals surface area contributed by atoms with E-state index in [0.717, 1.165) is 6.54 Å². The third-order valence-electron chi connectivity index (χ3n) is 3.15. The second-order valence-corrected chi connectivity index (χ2v) is 6.11. The highest BCUT2D eigenvalue weighted by atomic mass is 32.1. The number of aromatic nitrogens is 1. The number of carbonyl (C=O) groups is 2. The summed E-state index contributed by atoms with van der Waals surface area (Å²) in [6, 6.07) is 6.91. The molecule has 0 bridgehead atoms. The van der Waals surface area contributed by atoms with Crippen LogP contribution < -0.4 is 15.4 Å². The molecular weight excluding hydrogens is 328 g/mol. The predicted molar refractivity (Wildman–Crippen MR) is 93.9 cm³/mol. The fourth-order valence-corrected chi connectivity index (χ4v) is 2.60. The number of rotatable bonds is 7. The van der Waals surface area contributed by atoms with Gasteiger partial charge in [0.15, 0.2) is 5.13 Å². The molecule has 1 aromatic carbocycles. The van der Waals surface area contributed by atoms with Gasteiger partial charge in [-0.15, -0.1) is 11.3 Å². The van der Waals surface area contributed by atoms with Crippen molar-refractivity contribution in [3.63, 3.8) is 0 Å². The van der Waals surface area contributed by atoms with E-state index in [4.69, 9.17) is 4.74 Å². The second-order valence-electron chi connectivity index (χ2n) is 5.25. The first-order valence-electron chi connectivity index (χ1n) is 7.34. The van der Waals surface area contributed by atoms with Gasteiger partial charge in [0.2, 0.25) is 0 Å². The number of nitrogens with one attached hydrogen (secondary N) is 2. The molecule has 1 aromatic heterocycles. The number of nitrogens with zero attached hydrogens (tertiary/aromatic N) is 2. The molecule has 0 radical (unpaired) electrons. The van der Waals surface area contributed by atoms with Gasteiger partial charge < -0.3 is 15.0 Å². The van der Waals surface area contributed by atoms with Crippen LogP contribution in [0, 0.1) is 0 Å². The van der Waals surface area contributed by atoms with Crippen molar-refractivity contribution in [2.75, 3.05) is 39.6 Å². The third kappa shape index (κ3) is 4.77. The van der Waals surface area contributed by atoms with Gasteiger partial charge in [-0.3, -0.25) is 14.9 Å². The van der Waals surface area contributed by atoms with Crippen LogP contribution in [-0.2, 0) is 0 Å². The van der Waals surface area contributed by atoms with Gasteiger partial charge in [0.25, 0.3) is 11.8 Å². The Bertz CT molecular complexity index is 715. The average Bonchev–Trinajstić information content (AvgIpc) is 3.02. The van der Waals surface area contributed by atoms with E-state index in [2.05, 4.69) is 15.6 Å². The summed E-state index contributed by atoms with van der Waals surface area (Å²) in [4.78, 5) is 30.4. The molecule has 0 saturated heterocycles. The molecule has 2 aromatic rings. The van der Waals surface area contributed by atoms with E-state index in [1.54, 1.807) is 29.6 Å². The first kappa shape index (κ1) is 17.9. The predicted octanol–water partition coefficient (Wildman–Crippen LogP) is 1.70. The molecule has 0 aliphatic heterocycles. The highest BCUT2D eigenvalue weighted by Crippen LogP contribution is 2.21. The zero-order chi connectivity index (χ0) is 17.5. The van der Waals surface area contributed by atoms with Gasteiger partial charge in [0, 0.05) is 18.5 Å². The summed E-state index contributed by atoms with van der Waals surface area (Å²) in [5.74, 6) is -0.111. The Morgan fingerprint density at radius 3 is 2.71 bits per heavy atom. The first-order valence-corrected chi connectivity index (χ1v) is 8.22. The van der Waals surface area contributed by atoms with Crippen molar-refractivity contribution < 1.29 is 14.3 Å². The van der Waals surface area contributed by atoms with Crippen LogP contribution in [0.4, 0.5) is 5.13 Å². The Morgan fingerprint density at radius 1 is 1.25 bits per heavy atom. The highest BCUT2D eigenvalue weighted by Gasteiger charge is 2.15. The number of para-hydroxylation sites is 1. The number of anilines is 1. The summed E-state index contributed by atoms with van der Waals surface area (Å²) >= 11 is 1.20. The van der Waals surface area contributed by atoms with Crippen LogP contribution in [0.3, 0.4) is 0 Å². The first-order chi connectivity index (χ1) is 11.5. The van der Waals surface area contributed by atoms with Crippen molar-refractivity contribution in [3.05, 3.63) is 40.9 Å². The minimum atomic E-state index is -0.332. The van der Waals surface area contributed by atoms with Crippen LogP contribution in [0.2, 0.25) is 0 Å². The minimum Gasteiger partial charge on any atom is -0.496 e. The summed E-state index contributed by atoms with van der Waals surface area (Å²) in [6.45, 7) is 1.28. The molecule has 24 heavy (non-hydrogen) atoms. The van der Waals surface area contributed by atoms with Crippen LogP contribution in [0.15, 0.2) is 29.6 Å². The van der Waals surface area contributed by atoms with Gasteiger partial charge in [0.05, 0.1) is 12.7 Å². The number of likely N-dealkylation sites (N-methyl/N-ethyl adjacent to an activating group) is 1. The Hall–Kier alpha value is -2.45. The van der Waals surface area contributed by atoms with Crippen LogP contribution in [0.25, 0.3) is 0 Å². The van der Waals surface area contributed by atoms with Crippen molar-refractivity contribution in [3.8, 4) is 5.75 Å². The Kier molecular flexibility index (Phi) is 6.28. The van der Waals surface area contributed by atoms with E-state index in [-0.39, 0.29) is 17.5 Å². The number of carbonyl (C=O) groups excluding carboxylic acids is 2. The van der Waals surface area contributed by atoms with E-state index >= 15 is 0 Å². The lowest BCUT2D eigenvalue weighted by molar-refractivity contribution is 0.0945. The molecule has 0 aliphatic carbocycles. The Balaban J connectivity index is 1.98. The van der Waals surface area contributed by atoms with E-state index in [1.807, 2.05) is 19.0 Å². The molecule has 2 amide bonds. The largest absolute Gasteiger partial charge is 0.496 e. The van der Waals surface area contributed by atoms with E-state index in [1.165, 1.54) is 18.4 Å². The summed E-state index contributed by atoms with van der Waals surface area (Å²) < 4.78 is 5.17. The van der Waals surface area contributed by atoms with Crippen molar-refractivity contribution in [2.24, 2.45) is 0 Å². The minimum absolute atomic E-state index is 0.258. The molecule has 0 aliphatic rings. The molecule has 2 rings (SSSR count). The highest BCUT2D eigenvalue weighted by molar-refractivity contribution is 7.14. The SMILES string of the molecule is COc1ccccc1C(=O)Nc1nc(C(=O)NCCN(C)C)cs1. The molecule has 0 saturated carbocycles. The number of hydrogen-bond acceptors (Lipinski definition) is 6. The summed E-state index contributed by atoms with van der Waals surface area (Å²) in [5.41, 5.74) is 0.696. The Labute approximate surface area is 144 Å². The maximum Gasteiger partial charge on any atom is 0.270 e. The lowest BCUT2D eigenvalue weighted by Gasteiger charge is -2.09. The van der Waals surface area contributed by atoms with Crippen molar-refractivity contribution in [1.29, 1.82) is 0 Å². The molecule has 0 spiro atoms. The molecule has 1 heterocycles. The Morgan fingerprint density at radius 2 is 2.00 bits per heavy atom. The smallest absolute Gasteiger partial charge is 0.270 e. The maximum atomic E-state index is 12.3. The van der Waals surface area contributed by atoms with Crippen molar-refractivity contribution in [1.82, 2.24) is 15.2 Å².